The highest BCUT2D eigenvalue weighted by atomic mass is 16.5. The molecule has 2 aromatic rings. The van der Waals surface area contributed by atoms with Gasteiger partial charge in [0.2, 0.25) is 0 Å². The Labute approximate surface area is 151 Å². The normalized spacial score (nSPS) is 13.6. The van der Waals surface area contributed by atoms with E-state index < -0.39 is 5.91 Å². The lowest BCUT2D eigenvalue weighted by atomic mass is 10.1. The Balaban J connectivity index is 1.97. The molecule has 0 bridgehead atoms. The number of methoxy groups -OCH3 is 2. The van der Waals surface area contributed by atoms with Crippen molar-refractivity contribution in [2.24, 2.45) is 0 Å². The lowest BCUT2D eigenvalue weighted by molar-refractivity contribution is 0.0793. The van der Waals surface area contributed by atoms with Crippen LogP contribution in [0, 0.1) is 6.92 Å². The molecule has 2 amide bonds. The number of hydrogen-bond acceptors (Lipinski definition) is 6. The summed E-state index contributed by atoms with van der Waals surface area (Å²) in [5.74, 6) is 0.734. The van der Waals surface area contributed by atoms with Gasteiger partial charge in [-0.05, 0) is 25.8 Å². The minimum atomic E-state index is -0.468. The maximum atomic E-state index is 12.9. The van der Waals surface area contributed by atoms with Crippen LogP contribution in [0.1, 0.15) is 39.4 Å². The molecule has 0 spiro atoms. The second kappa shape index (κ2) is 7.47. The maximum Gasteiger partial charge on any atom is 0.277 e. The number of amides is 2. The molecule has 8 nitrogen and oxygen atoms in total. The second-order valence-corrected chi connectivity index (χ2v) is 6.03. The van der Waals surface area contributed by atoms with Crippen molar-refractivity contribution in [2.45, 2.75) is 19.8 Å². The van der Waals surface area contributed by atoms with Crippen LogP contribution in [0.25, 0.3) is 0 Å². The van der Waals surface area contributed by atoms with E-state index >= 15 is 0 Å². The largest absolute Gasteiger partial charge is 0.493 e. The molecule has 0 saturated carbocycles. The molecular formula is C18H21N3O5. The Morgan fingerprint density at radius 3 is 2.35 bits per heavy atom. The molecule has 1 saturated heterocycles. The zero-order valence-electron chi connectivity index (χ0n) is 15.0. The summed E-state index contributed by atoms with van der Waals surface area (Å²) in [6.45, 7) is 3.09. The molecule has 1 N–H and O–H groups in total. The van der Waals surface area contributed by atoms with Gasteiger partial charge in [-0.1, -0.05) is 5.16 Å². The zero-order valence-corrected chi connectivity index (χ0v) is 15.0. The van der Waals surface area contributed by atoms with Crippen molar-refractivity contribution in [2.75, 3.05) is 32.6 Å². The number of anilines is 1. The van der Waals surface area contributed by atoms with Crippen molar-refractivity contribution in [3.63, 3.8) is 0 Å². The Bertz CT molecular complexity index is 824. The fraction of sp³-hybridized carbons (Fsp3) is 0.389. The van der Waals surface area contributed by atoms with Gasteiger partial charge in [0.1, 0.15) is 5.76 Å². The molecule has 0 atom stereocenters. The number of likely N-dealkylation sites (tertiary alicyclic amines) is 1. The summed E-state index contributed by atoms with van der Waals surface area (Å²) >= 11 is 0. The van der Waals surface area contributed by atoms with Crippen molar-refractivity contribution < 1.29 is 23.6 Å². The van der Waals surface area contributed by atoms with Crippen LogP contribution in [0.15, 0.2) is 22.7 Å². The molecule has 1 aliphatic rings. The zero-order chi connectivity index (χ0) is 18.7. The smallest absolute Gasteiger partial charge is 0.277 e. The van der Waals surface area contributed by atoms with Crippen molar-refractivity contribution in [1.29, 1.82) is 0 Å². The van der Waals surface area contributed by atoms with E-state index in [1.54, 1.807) is 24.0 Å². The van der Waals surface area contributed by atoms with Crippen LogP contribution in [0.3, 0.4) is 0 Å². The summed E-state index contributed by atoms with van der Waals surface area (Å²) in [4.78, 5) is 27.1. The SMILES string of the molecule is COc1cc(NC(=O)c2cc(C)on2)c(C(=O)N2CCCC2)cc1OC. The molecule has 0 radical (unpaired) electrons. The van der Waals surface area contributed by atoms with Gasteiger partial charge in [0.05, 0.1) is 25.5 Å². The van der Waals surface area contributed by atoms with Gasteiger partial charge in [-0.3, -0.25) is 9.59 Å². The predicted molar refractivity (Wildman–Crippen MR) is 93.9 cm³/mol. The third-order valence-corrected chi connectivity index (χ3v) is 4.26. The predicted octanol–water partition coefficient (Wildman–Crippen LogP) is 2.49. The first kappa shape index (κ1) is 17.8. The average Bonchev–Trinajstić information content (AvgIpc) is 3.32. The van der Waals surface area contributed by atoms with Crippen molar-refractivity contribution >= 4 is 17.5 Å². The van der Waals surface area contributed by atoms with Crippen LogP contribution < -0.4 is 14.8 Å². The van der Waals surface area contributed by atoms with Gasteiger partial charge in [-0.2, -0.15) is 0 Å². The maximum absolute atomic E-state index is 12.9. The number of rotatable bonds is 5. The first-order valence-corrected chi connectivity index (χ1v) is 8.33. The van der Waals surface area contributed by atoms with E-state index in [0.717, 1.165) is 12.8 Å². The van der Waals surface area contributed by atoms with Gasteiger partial charge in [-0.25, -0.2) is 0 Å². The molecule has 0 unspecified atom stereocenters. The Morgan fingerprint density at radius 2 is 1.77 bits per heavy atom. The standard InChI is InChI=1S/C18H21N3O5/c1-11-8-14(20-26-11)17(22)19-13-10-16(25-3)15(24-2)9-12(13)18(23)21-6-4-5-7-21/h8-10H,4-7H2,1-3H3,(H,19,22). The fourth-order valence-electron chi connectivity index (χ4n) is 2.91. The first-order chi connectivity index (χ1) is 12.5. The number of carbonyl (C=O) groups is 2. The molecule has 1 aliphatic heterocycles. The molecule has 0 aliphatic carbocycles. The molecule has 26 heavy (non-hydrogen) atoms. The quantitative estimate of drug-likeness (QED) is 0.881. The van der Waals surface area contributed by atoms with E-state index in [0.29, 0.717) is 41.6 Å². The number of hydrogen-bond donors (Lipinski definition) is 1. The highest BCUT2D eigenvalue weighted by Crippen LogP contribution is 2.34. The summed E-state index contributed by atoms with van der Waals surface area (Å²) in [6, 6.07) is 4.69. The van der Waals surface area contributed by atoms with Gasteiger partial charge in [0.15, 0.2) is 17.2 Å². The molecule has 8 heteroatoms. The second-order valence-electron chi connectivity index (χ2n) is 6.03. The van der Waals surface area contributed by atoms with Crippen LogP contribution in [0.4, 0.5) is 5.69 Å². The van der Waals surface area contributed by atoms with Gasteiger partial charge in [-0.15, -0.1) is 0 Å². The van der Waals surface area contributed by atoms with Crippen molar-refractivity contribution in [1.82, 2.24) is 10.1 Å². The molecule has 1 aromatic carbocycles. The highest BCUT2D eigenvalue weighted by Gasteiger charge is 2.25. The van der Waals surface area contributed by atoms with Crippen LogP contribution in [-0.4, -0.2) is 49.2 Å². The fourth-order valence-corrected chi connectivity index (χ4v) is 2.91. The van der Waals surface area contributed by atoms with Crippen LogP contribution in [-0.2, 0) is 0 Å². The minimum Gasteiger partial charge on any atom is -0.493 e. The van der Waals surface area contributed by atoms with Gasteiger partial charge < -0.3 is 24.2 Å². The third kappa shape index (κ3) is 3.49. The topological polar surface area (TPSA) is 93.9 Å². The number of ether oxygens (including phenoxy) is 2. The van der Waals surface area contributed by atoms with Gasteiger partial charge >= 0.3 is 0 Å². The highest BCUT2D eigenvalue weighted by molar-refractivity contribution is 6.08. The molecule has 1 fully saturated rings. The van der Waals surface area contributed by atoms with Crippen LogP contribution in [0.2, 0.25) is 0 Å². The molecule has 2 heterocycles. The van der Waals surface area contributed by atoms with Gasteiger partial charge in [0, 0.05) is 25.2 Å². The molecule has 3 rings (SSSR count). The number of aromatic nitrogens is 1. The summed E-state index contributed by atoms with van der Waals surface area (Å²) in [5, 5.41) is 6.43. The third-order valence-electron chi connectivity index (χ3n) is 4.26. The molecule has 138 valence electrons. The summed E-state index contributed by atoms with van der Waals surface area (Å²) in [5.41, 5.74) is 0.820. The summed E-state index contributed by atoms with van der Waals surface area (Å²) in [7, 11) is 2.99. The number of benzene rings is 1. The lowest BCUT2D eigenvalue weighted by Crippen LogP contribution is -2.29. The van der Waals surface area contributed by atoms with Crippen LogP contribution in [0.5, 0.6) is 11.5 Å². The number of nitrogens with zero attached hydrogens (tertiary/aromatic N) is 2. The van der Waals surface area contributed by atoms with Crippen molar-refractivity contribution in [3.05, 3.63) is 35.2 Å². The first-order valence-electron chi connectivity index (χ1n) is 8.33. The molecular weight excluding hydrogens is 338 g/mol. The lowest BCUT2D eigenvalue weighted by Gasteiger charge is -2.19. The summed E-state index contributed by atoms with van der Waals surface area (Å²) in [6.07, 6.45) is 1.94. The average molecular weight is 359 g/mol. The Kier molecular flexibility index (Phi) is 5.11. The number of nitrogens with one attached hydrogen (secondary N) is 1. The Hall–Kier alpha value is -3.03. The summed E-state index contributed by atoms with van der Waals surface area (Å²) < 4.78 is 15.5. The van der Waals surface area contributed by atoms with Crippen LogP contribution >= 0.6 is 0 Å². The van der Waals surface area contributed by atoms with E-state index in [1.807, 2.05) is 0 Å². The van der Waals surface area contributed by atoms with E-state index in [1.165, 1.54) is 20.3 Å². The van der Waals surface area contributed by atoms with Crippen molar-refractivity contribution in [3.8, 4) is 11.5 Å². The van der Waals surface area contributed by atoms with E-state index in [9.17, 15) is 9.59 Å². The Morgan fingerprint density at radius 1 is 1.12 bits per heavy atom. The van der Waals surface area contributed by atoms with Gasteiger partial charge in [0.25, 0.3) is 11.8 Å². The van der Waals surface area contributed by atoms with E-state index in [4.69, 9.17) is 14.0 Å². The van der Waals surface area contributed by atoms with E-state index in [2.05, 4.69) is 10.5 Å². The monoisotopic (exact) mass is 359 g/mol. The minimum absolute atomic E-state index is 0.136. The number of carbonyl (C=O) groups excluding carboxylic acids is 2. The number of aryl methyl sites for hydroxylation is 1. The van der Waals surface area contributed by atoms with E-state index in [-0.39, 0.29) is 11.6 Å². The molecule has 1 aromatic heterocycles.